The number of amides is 3. The Bertz CT molecular complexity index is 628. The van der Waals surface area contributed by atoms with Crippen LogP contribution in [0.5, 0.6) is 0 Å². The summed E-state index contributed by atoms with van der Waals surface area (Å²) in [5, 5.41) is 5.89. The number of rotatable bonds is 5. The Hall–Kier alpha value is -2.04. The molecule has 25 heavy (non-hydrogen) atoms. The maximum Gasteiger partial charge on any atom is 0.321 e. The molecule has 2 saturated carbocycles. The van der Waals surface area contributed by atoms with Crippen LogP contribution in [0, 0.1) is 11.8 Å². The third kappa shape index (κ3) is 4.74. The van der Waals surface area contributed by atoms with Gasteiger partial charge in [0.15, 0.2) is 0 Å². The fraction of sp³-hybridized carbons (Fsp3) is 0.600. The molecule has 2 aliphatic carbocycles. The molecule has 2 N–H and O–H groups in total. The van der Waals surface area contributed by atoms with Crippen LogP contribution >= 0.6 is 0 Å². The number of carbonyl (C=O) groups is 2. The molecule has 2 fully saturated rings. The lowest BCUT2D eigenvalue weighted by molar-refractivity contribution is 0.0919. The summed E-state index contributed by atoms with van der Waals surface area (Å²) in [7, 11) is 1.90. The first-order chi connectivity index (χ1) is 11.7. The number of nitrogens with one attached hydrogen (secondary N) is 2. The topological polar surface area (TPSA) is 61.4 Å². The summed E-state index contributed by atoms with van der Waals surface area (Å²) in [4.78, 5) is 26.6. The Labute approximate surface area is 150 Å². The molecular weight excluding hydrogens is 314 g/mol. The number of hydrogen-bond acceptors (Lipinski definition) is 2. The average Bonchev–Trinajstić information content (AvgIpc) is 3.41. The SMILES string of the molecule is CN(C(=O)Nc1ccc(C(=O)NC(C)(C)C)cc1)C(C1CC1)C1CC1. The van der Waals surface area contributed by atoms with E-state index in [4.69, 9.17) is 0 Å². The Kier molecular flexibility index (Phi) is 4.76. The van der Waals surface area contributed by atoms with Crippen molar-refractivity contribution in [3.05, 3.63) is 29.8 Å². The van der Waals surface area contributed by atoms with Gasteiger partial charge in [0.05, 0.1) is 0 Å². The standard InChI is InChI=1S/C20H29N3O2/c1-20(2,3)22-18(24)15-9-11-16(12-10-15)21-19(25)23(4)17(13-5-6-13)14-7-8-14/h9-14,17H,5-8H2,1-4H3,(H,21,25)(H,22,24). The van der Waals surface area contributed by atoms with Gasteiger partial charge in [-0.1, -0.05) is 0 Å². The van der Waals surface area contributed by atoms with Gasteiger partial charge in [0.25, 0.3) is 5.91 Å². The Morgan fingerprint density at radius 3 is 2.00 bits per heavy atom. The number of nitrogens with zero attached hydrogens (tertiary/aromatic N) is 1. The van der Waals surface area contributed by atoms with Gasteiger partial charge >= 0.3 is 6.03 Å². The molecule has 3 rings (SSSR count). The Morgan fingerprint density at radius 2 is 1.56 bits per heavy atom. The summed E-state index contributed by atoms with van der Waals surface area (Å²) < 4.78 is 0. The van der Waals surface area contributed by atoms with E-state index in [1.807, 2.05) is 32.7 Å². The van der Waals surface area contributed by atoms with Gasteiger partial charge in [0.1, 0.15) is 0 Å². The molecule has 0 atom stereocenters. The van der Waals surface area contributed by atoms with Crippen molar-refractivity contribution >= 4 is 17.6 Å². The van der Waals surface area contributed by atoms with Gasteiger partial charge in [0.2, 0.25) is 0 Å². The zero-order valence-electron chi connectivity index (χ0n) is 15.6. The van der Waals surface area contributed by atoms with E-state index in [1.165, 1.54) is 25.7 Å². The van der Waals surface area contributed by atoms with E-state index in [-0.39, 0.29) is 17.5 Å². The highest BCUT2D eigenvalue weighted by Crippen LogP contribution is 2.46. The van der Waals surface area contributed by atoms with Crippen molar-refractivity contribution in [2.24, 2.45) is 11.8 Å². The van der Waals surface area contributed by atoms with Crippen LogP contribution in [0.1, 0.15) is 56.8 Å². The molecule has 0 aromatic heterocycles. The van der Waals surface area contributed by atoms with E-state index in [2.05, 4.69) is 10.6 Å². The fourth-order valence-corrected chi connectivity index (χ4v) is 3.36. The lowest BCUT2D eigenvalue weighted by atomic mass is 10.1. The quantitative estimate of drug-likeness (QED) is 0.852. The summed E-state index contributed by atoms with van der Waals surface area (Å²) in [6, 6.07) is 7.39. The Morgan fingerprint density at radius 1 is 1.04 bits per heavy atom. The molecule has 1 aromatic carbocycles. The first-order valence-corrected chi connectivity index (χ1v) is 9.21. The zero-order valence-corrected chi connectivity index (χ0v) is 15.6. The van der Waals surface area contributed by atoms with Gasteiger partial charge in [-0.3, -0.25) is 4.79 Å². The minimum Gasteiger partial charge on any atom is -0.347 e. The number of benzene rings is 1. The molecular formula is C20H29N3O2. The van der Waals surface area contributed by atoms with Crippen molar-refractivity contribution in [2.75, 3.05) is 12.4 Å². The average molecular weight is 343 g/mol. The van der Waals surface area contributed by atoms with Crippen LogP contribution in [0.2, 0.25) is 0 Å². The predicted molar refractivity (Wildman–Crippen MR) is 99.7 cm³/mol. The van der Waals surface area contributed by atoms with Gasteiger partial charge < -0.3 is 15.5 Å². The van der Waals surface area contributed by atoms with E-state index >= 15 is 0 Å². The summed E-state index contributed by atoms with van der Waals surface area (Å²) in [5.41, 5.74) is 1.04. The van der Waals surface area contributed by atoms with Crippen LogP contribution in [-0.2, 0) is 0 Å². The molecule has 0 spiro atoms. The van der Waals surface area contributed by atoms with Crippen molar-refractivity contribution < 1.29 is 9.59 Å². The third-order valence-electron chi connectivity index (χ3n) is 4.86. The number of anilines is 1. The van der Waals surface area contributed by atoms with Gasteiger partial charge in [-0.05, 0) is 82.6 Å². The molecule has 5 nitrogen and oxygen atoms in total. The molecule has 1 aromatic rings. The minimum absolute atomic E-state index is 0.0595. The second kappa shape index (κ2) is 6.70. The minimum atomic E-state index is -0.271. The lowest BCUT2D eigenvalue weighted by Gasteiger charge is -2.28. The maximum absolute atomic E-state index is 12.6. The first kappa shape index (κ1) is 17.8. The number of carbonyl (C=O) groups excluding carboxylic acids is 2. The highest BCUT2D eigenvalue weighted by Gasteiger charge is 2.44. The van der Waals surface area contributed by atoms with Gasteiger partial charge in [-0.15, -0.1) is 0 Å². The van der Waals surface area contributed by atoms with Crippen molar-refractivity contribution in [3.8, 4) is 0 Å². The zero-order chi connectivity index (χ0) is 18.2. The highest BCUT2D eigenvalue weighted by atomic mass is 16.2. The number of urea groups is 1. The molecule has 5 heteroatoms. The Balaban J connectivity index is 1.59. The third-order valence-corrected chi connectivity index (χ3v) is 4.86. The first-order valence-electron chi connectivity index (χ1n) is 9.21. The second-order valence-corrected chi connectivity index (χ2v) is 8.49. The predicted octanol–water partition coefficient (Wildman–Crippen LogP) is 3.87. The molecule has 0 aliphatic heterocycles. The lowest BCUT2D eigenvalue weighted by Crippen LogP contribution is -2.42. The smallest absolute Gasteiger partial charge is 0.321 e. The fourth-order valence-electron chi connectivity index (χ4n) is 3.36. The molecule has 0 saturated heterocycles. The van der Waals surface area contributed by atoms with E-state index in [0.29, 0.717) is 23.4 Å². The van der Waals surface area contributed by atoms with Crippen molar-refractivity contribution in [2.45, 2.75) is 58.0 Å². The largest absolute Gasteiger partial charge is 0.347 e. The van der Waals surface area contributed by atoms with Crippen molar-refractivity contribution in [3.63, 3.8) is 0 Å². The van der Waals surface area contributed by atoms with Crippen LogP contribution in [-0.4, -0.2) is 35.5 Å². The van der Waals surface area contributed by atoms with Gasteiger partial charge in [-0.2, -0.15) is 0 Å². The maximum atomic E-state index is 12.6. The summed E-state index contributed by atoms with van der Waals surface area (Å²) >= 11 is 0. The summed E-state index contributed by atoms with van der Waals surface area (Å²) in [6.45, 7) is 5.85. The highest BCUT2D eigenvalue weighted by molar-refractivity contribution is 5.96. The summed E-state index contributed by atoms with van der Waals surface area (Å²) in [6.07, 6.45) is 4.99. The molecule has 0 radical (unpaired) electrons. The van der Waals surface area contributed by atoms with Gasteiger partial charge in [-0.25, -0.2) is 4.79 Å². The van der Waals surface area contributed by atoms with Crippen LogP contribution in [0.25, 0.3) is 0 Å². The van der Waals surface area contributed by atoms with Crippen molar-refractivity contribution in [1.29, 1.82) is 0 Å². The van der Waals surface area contributed by atoms with E-state index < -0.39 is 0 Å². The molecule has 0 unspecified atom stereocenters. The van der Waals surface area contributed by atoms with Crippen molar-refractivity contribution in [1.82, 2.24) is 10.2 Å². The second-order valence-electron chi connectivity index (χ2n) is 8.49. The van der Waals surface area contributed by atoms with E-state index in [9.17, 15) is 9.59 Å². The normalized spacial score (nSPS) is 17.3. The van der Waals surface area contributed by atoms with Crippen LogP contribution in [0.3, 0.4) is 0 Å². The van der Waals surface area contributed by atoms with Crippen LogP contribution in [0.15, 0.2) is 24.3 Å². The number of hydrogen-bond donors (Lipinski definition) is 2. The summed E-state index contributed by atoms with van der Waals surface area (Å²) in [5.74, 6) is 1.27. The molecule has 3 amide bonds. The van der Waals surface area contributed by atoms with E-state index in [0.717, 1.165) is 5.69 Å². The molecule has 136 valence electrons. The van der Waals surface area contributed by atoms with Crippen LogP contribution < -0.4 is 10.6 Å². The van der Waals surface area contributed by atoms with Gasteiger partial charge in [0, 0.05) is 29.9 Å². The van der Waals surface area contributed by atoms with E-state index in [1.54, 1.807) is 24.3 Å². The molecule has 2 aliphatic rings. The monoisotopic (exact) mass is 343 g/mol. The molecule has 0 bridgehead atoms. The molecule has 0 heterocycles. The van der Waals surface area contributed by atoms with Crippen LogP contribution in [0.4, 0.5) is 10.5 Å².